The summed E-state index contributed by atoms with van der Waals surface area (Å²) < 4.78 is 0. The van der Waals surface area contributed by atoms with E-state index in [-0.39, 0.29) is 30.4 Å². The summed E-state index contributed by atoms with van der Waals surface area (Å²) in [4.78, 5) is 26.1. The van der Waals surface area contributed by atoms with Gasteiger partial charge in [-0.05, 0) is 19.4 Å². The Hall–Kier alpha value is -2.47. The molecule has 2 atom stereocenters. The van der Waals surface area contributed by atoms with Crippen molar-refractivity contribution in [1.29, 1.82) is 0 Å². The summed E-state index contributed by atoms with van der Waals surface area (Å²) in [7, 11) is 0. The van der Waals surface area contributed by atoms with Gasteiger partial charge in [0.05, 0.1) is 11.8 Å². The second kappa shape index (κ2) is 7.61. The number of nitrogens with zero attached hydrogens (tertiary/aromatic N) is 2. The van der Waals surface area contributed by atoms with Crippen LogP contribution in [-0.4, -0.2) is 51.1 Å². The molecule has 6 nitrogen and oxygen atoms in total. The number of carbonyl (C=O) groups is 2. The predicted octanol–water partition coefficient (Wildman–Crippen LogP) is 1.74. The van der Waals surface area contributed by atoms with Crippen LogP contribution in [0.15, 0.2) is 36.4 Å². The summed E-state index contributed by atoms with van der Waals surface area (Å²) in [6, 6.07) is 11.0. The normalized spacial score (nSPS) is 20.0. The lowest BCUT2D eigenvalue weighted by Crippen LogP contribution is -2.29. The molecule has 1 saturated heterocycles. The summed E-state index contributed by atoms with van der Waals surface area (Å²) in [6.45, 7) is 2.76. The van der Waals surface area contributed by atoms with Gasteiger partial charge in [-0.3, -0.25) is 14.7 Å². The summed E-state index contributed by atoms with van der Waals surface area (Å²) in [5, 5.41) is 17.3. The van der Waals surface area contributed by atoms with E-state index < -0.39 is 6.10 Å². The molecule has 0 aliphatic carbocycles. The van der Waals surface area contributed by atoms with E-state index >= 15 is 0 Å². The van der Waals surface area contributed by atoms with Gasteiger partial charge in [-0.15, -0.1) is 0 Å². The summed E-state index contributed by atoms with van der Waals surface area (Å²) >= 11 is 0. The number of aromatic nitrogens is 2. The van der Waals surface area contributed by atoms with Gasteiger partial charge in [0.2, 0.25) is 5.91 Å². The number of hydrogen-bond donors (Lipinski definition) is 2. The lowest BCUT2D eigenvalue weighted by Gasteiger charge is -2.15. The third-order valence-electron chi connectivity index (χ3n) is 4.65. The summed E-state index contributed by atoms with van der Waals surface area (Å²) in [5.41, 5.74) is 2.51. The van der Waals surface area contributed by atoms with Gasteiger partial charge in [0.25, 0.3) is 0 Å². The molecule has 2 aromatic rings. The molecule has 1 aliphatic heterocycles. The molecule has 132 valence electrons. The first kappa shape index (κ1) is 17.4. The number of hydrogen-bond acceptors (Lipinski definition) is 4. The second-order valence-corrected chi connectivity index (χ2v) is 6.66. The van der Waals surface area contributed by atoms with Gasteiger partial charge in [0.1, 0.15) is 0 Å². The van der Waals surface area contributed by atoms with Crippen molar-refractivity contribution >= 4 is 11.7 Å². The van der Waals surface area contributed by atoms with E-state index in [0.29, 0.717) is 25.1 Å². The molecule has 0 radical (unpaired) electrons. The Balaban J connectivity index is 1.50. The van der Waals surface area contributed by atoms with E-state index in [0.717, 1.165) is 11.4 Å². The standard InChI is InChI=1S/C19H23N3O3/c1-13-9-16(21-20-13)10-15-11-22(12-18(15)24)19(25)8-7-17(23)14-5-3-2-4-6-14/h2-6,9,15,18,24H,7-8,10-12H2,1H3,(H,20,21)/t15-,18-/m1/s1. The monoisotopic (exact) mass is 341 g/mol. The number of aromatic amines is 1. The van der Waals surface area contributed by atoms with Gasteiger partial charge in [0.15, 0.2) is 5.78 Å². The zero-order valence-electron chi connectivity index (χ0n) is 14.3. The van der Waals surface area contributed by atoms with E-state index in [1.165, 1.54) is 0 Å². The minimum atomic E-state index is -0.550. The molecule has 25 heavy (non-hydrogen) atoms. The highest BCUT2D eigenvalue weighted by Crippen LogP contribution is 2.22. The molecule has 0 unspecified atom stereocenters. The molecule has 0 bridgehead atoms. The molecule has 3 rings (SSSR count). The zero-order valence-corrected chi connectivity index (χ0v) is 14.3. The maximum absolute atomic E-state index is 12.4. The molecule has 6 heteroatoms. The third-order valence-corrected chi connectivity index (χ3v) is 4.65. The molecule has 0 saturated carbocycles. The number of rotatable bonds is 6. The van der Waals surface area contributed by atoms with E-state index in [1.807, 2.05) is 31.2 Å². The van der Waals surface area contributed by atoms with Crippen LogP contribution >= 0.6 is 0 Å². The highest BCUT2D eigenvalue weighted by atomic mass is 16.3. The fourth-order valence-electron chi connectivity index (χ4n) is 3.25. The minimum Gasteiger partial charge on any atom is -0.391 e. The lowest BCUT2D eigenvalue weighted by molar-refractivity contribution is -0.130. The van der Waals surface area contributed by atoms with Gasteiger partial charge in [-0.1, -0.05) is 30.3 Å². The molecule has 2 N–H and O–H groups in total. The SMILES string of the molecule is Cc1cc(C[C@@H]2CN(C(=O)CCC(=O)c3ccccc3)C[C@H]2O)n[nH]1. The van der Waals surface area contributed by atoms with Crippen LogP contribution in [0.2, 0.25) is 0 Å². The van der Waals surface area contributed by atoms with Crippen LogP contribution in [0, 0.1) is 12.8 Å². The Morgan fingerprint density at radius 3 is 2.68 bits per heavy atom. The van der Waals surface area contributed by atoms with Gasteiger partial charge in [0, 0.05) is 43.1 Å². The number of benzene rings is 1. The van der Waals surface area contributed by atoms with Crippen LogP contribution in [0.4, 0.5) is 0 Å². The number of H-pyrrole nitrogens is 1. The number of amides is 1. The highest BCUT2D eigenvalue weighted by molar-refractivity contribution is 5.97. The Bertz CT molecular complexity index is 741. The van der Waals surface area contributed by atoms with Gasteiger partial charge in [-0.25, -0.2) is 0 Å². The van der Waals surface area contributed by atoms with Gasteiger partial charge >= 0.3 is 0 Å². The Morgan fingerprint density at radius 2 is 2.00 bits per heavy atom. The largest absolute Gasteiger partial charge is 0.391 e. The van der Waals surface area contributed by atoms with Crippen molar-refractivity contribution in [2.75, 3.05) is 13.1 Å². The average Bonchev–Trinajstić information content (AvgIpc) is 3.19. The van der Waals surface area contributed by atoms with Crippen molar-refractivity contribution in [3.05, 3.63) is 53.3 Å². The topological polar surface area (TPSA) is 86.3 Å². The molecule has 1 aromatic carbocycles. The maximum atomic E-state index is 12.4. The van der Waals surface area contributed by atoms with Crippen molar-refractivity contribution < 1.29 is 14.7 Å². The number of β-amino-alcohol motifs (C(OH)–C–C–N with tert-alkyl or cyclic N) is 1. The molecular formula is C19H23N3O3. The molecule has 1 fully saturated rings. The van der Waals surface area contributed by atoms with E-state index in [9.17, 15) is 14.7 Å². The quantitative estimate of drug-likeness (QED) is 0.784. The number of likely N-dealkylation sites (tertiary alicyclic amines) is 1. The first-order valence-electron chi connectivity index (χ1n) is 8.58. The van der Waals surface area contributed by atoms with Gasteiger partial charge in [-0.2, -0.15) is 5.10 Å². The summed E-state index contributed by atoms with van der Waals surface area (Å²) in [6.07, 6.45) is 0.455. The number of aryl methyl sites for hydroxylation is 1. The summed E-state index contributed by atoms with van der Waals surface area (Å²) in [5.74, 6) is -0.127. The highest BCUT2D eigenvalue weighted by Gasteiger charge is 2.34. The van der Waals surface area contributed by atoms with E-state index in [4.69, 9.17) is 0 Å². The third kappa shape index (κ3) is 4.33. The Labute approximate surface area is 146 Å². The smallest absolute Gasteiger partial charge is 0.223 e. The van der Waals surface area contributed by atoms with Crippen LogP contribution in [0.3, 0.4) is 0 Å². The molecule has 1 amide bonds. The number of aliphatic hydroxyl groups is 1. The van der Waals surface area contributed by atoms with E-state index in [1.54, 1.807) is 17.0 Å². The van der Waals surface area contributed by atoms with Crippen molar-refractivity contribution in [3.63, 3.8) is 0 Å². The van der Waals surface area contributed by atoms with Crippen LogP contribution < -0.4 is 0 Å². The van der Waals surface area contributed by atoms with Crippen LogP contribution in [0.5, 0.6) is 0 Å². The number of nitrogens with one attached hydrogen (secondary N) is 1. The van der Waals surface area contributed by atoms with E-state index in [2.05, 4.69) is 10.2 Å². The molecule has 2 heterocycles. The Morgan fingerprint density at radius 1 is 1.24 bits per heavy atom. The fourth-order valence-corrected chi connectivity index (χ4v) is 3.25. The average molecular weight is 341 g/mol. The second-order valence-electron chi connectivity index (χ2n) is 6.66. The molecule has 1 aliphatic rings. The van der Waals surface area contributed by atoms with Crippen LogP contribution in [0.1, 0.15) is 34.6 Å². The van der Waals surface area contributed by atoms with Gasteiger partial charge < -0.3 is 10.0 Å². The maximum Gasteiger partial charge on any atom is 0.223 e. The van der Waals surface area contributed by atoms with Crippen molar-refractivity contribution in [3.8, 4) is 0 Å². The number of Topliss-reactive ketones (excluding diaryl/α,β-unsaturated/α-hetero) is 1. The van der Waals surface area contributed by atoms with Crippen LogP contribution in [-0.2, 0) is 11.2 Å². The lowest BCUT2D eigenvalue weighted by atomic mass is 10.0. The first-order chi connectivity index (χ1) is 12.0. The predicted molar refractivity (Wildman–Crippen MR) is 93.1 cm³/mol. The number of ketones is 1. The zero-order chi connectivity index (χ0) is 17.8. The van der Waals surface area contributed by atoms with Crippen LogP contribution in [0.25, 0.3) is 0 Å². The molecule has 1 aromatic heterocycles. The number of carbonyl (C=O) groups excluding carboxylic acids is 2. The molecular weight excluding hydrogens is 318 g/mol. The number of aliphatic hydroxyl groups excluding tert-OH is 1. The minimum absolute atomic E-state index is 0.0172. The van der Waals surface area contributed by atoms with Crippen molar-refractivity contribution in [2.45, 2.75) is 32.3 Å². The Kier molecular flexibility index (Phi) is 5.28. The fraction of sp³-hybridized carbons (Fsp3) is 0.421. The van der Waals surface area contributed by atoms with Crippen molar-refractivity contribution in [2.24, 2.45) is 5.92 Å². The first-order valence-corrected chi connectivity index (χ1v) is 8.58. The molecule has 0 spiro atoms. The van der Waals surface area contributed by atoms with Crippen molar-refractivity contribution in [1.82, 2.24) is 15.1 Å².